The molecule has 1 aliphatic rings. The molecule has 2 rings (SSSR count). The van der Waals surface area contributed by atoms with Crippen molar-refractivity contribution in [1.82, 2.24) is 0 Å². The predicted octanol–water partition coefficient (Wildman–Crippen LogP) is 3.62. The van der Waals surface area contributed by atoms with Crippen molar-refractivity contribution in [1.29, 1.82) is 0 Å². The van der Waals surface area contributed by atoms with Crippen LogP contribution in [0.15, 0.2) is 22.7 Å². The second kappa shape index (κ2) is 5.31. The number of carbonyl (C=O) groups excluding carboxylic acids is 1. The van der Waals surface area contributed by atoms with Crippen LogP contribution in [0.1, 0.15) is 31.2 Å². The molecule has 0 amide bonds. The van der Waals surface area contributed by atoms with E-state index in [9.17, 15) is 4.79 Å². The Morgan fingerprint density at radius 3 is 2.67 bits per heavy atom. The van der Waals surface area contributed by atoms with E-state index < -0.39 is 0 Å². The third kappa shape index (κ3) is 2.86. The van der Waals surface area contributed by atoms with E-state index in [-0.39, 0.29) is 11.6 Å². The summed E-state index contributed by atoms with van der Waals surface area (Å²) in [5.74, 6) is 0.585. The summed E-state index contributed by atoms with van der Waals surface area (Å²) in [5.41, 5.74) is 0.801. The largest absolute Gasteiger partial charge is 0.485 e. The summed E-state index contributed by atoms with van der Waals surface area (Å²) in [4.78, 5) is 11.4. The number of hydrogen-bond acceptors (Lipinski definition) is 3. The summed E-state index contributed by atoms with van der Waals surface area (Å²) in [6.07, 6.45) is 3.23. The predicted molar refractivity (Wildman–Crippen MR) is 72.7 cm³/mol. The third-order valence-electron chi connectivity index (χ3n) is 3.37. The minimum absolute atomic E-state index is 0.210. The van der Waals surface area contributed by atoms with Crippen molar-refractivity contribution in [2.75, 3.05) is 7.11 Å². The molecule has 4 heteroatoms. The van der Waals surface area contributed by atoms with Gasteiger partial charge in [-0.1, -0.05) is 6.07 Å². The quantitative estimate of drug-likeness (QED) is 0.797. The minimum Gasteiger partial charge on any atom is -0.485 e. The van der Waals surface area contributed by atoms with E-state index in [1.807, 2.05) is 25.1 Å². The van der Waals surface area contributed by atoms with Crippen LogP contribution in [0.5, 0.6) is 5.75 Å². The van der Waals surface area contributed by atoms with Crippen LogP contribution in [0.25, 0.3) is 0 Å². The lowest BCUT2D eigenvalue weighted by Gasteiger charge is -2.41. The lowest BCUT2D eigenvalue weighted by atomic mass is 9.77. The Kier molecular flexibility index (Phi) is 3.95. The maximum absolute atomic E-state index is 11.4. The standard InChI is InChI=1S/C14H17BrO3/c1-10-4-5-12(11(15)8-10)18-14(6-3-7-14)9-13(16)17-2/h4-5,8H,3,6-7,9H2,1-2H3. The van der Waals surface area contributed by atoms with Gasteiger partial charge < -0.3 is 9.47 Å². The van der Waals surface area contributed by atoms with Gasteiger partial charge in [0.1, 0.15) is 11.4 Å². The van der Waals surface area contributed by atoms with Gasteiger partial charge in [-0.05, 0) is 59.8 Å². The summed E-state index contributed by atoms with van der Waals surface area (Å²) in [7, 11) is 1.41. The van der Waals surface area contributed by atoms with E-state index in [0.29, 0.717) is 6.42 Å². The average molecular weight is 313 g/mol. The van der Waals surface area contributed by atoms with Gasteiger partial charge in [-0.3, -0.25) is 4.79 Å². The SMILES string of the molecule is COC(=O)CC1(Oc2ccc(C)cc2Br)CCC1. The van der Waals surface area contributed by atoms with Crippen LogP contribution in [0.3, 0.4) is 0 Å². The monoisotopic (exact) mass is 312 g/mol. The fourth-order valence-electron chi connectivity index (χ4n) is 2.14. The molecule has 1 aromatic carbocycles. The zero-order valence-corrected chi connectivity index (χ0v) is 12.2. The van der Waals surface area contributed by atoms with Crippen molar-refractivity contribution in [2.24, 2.45) is 0 Å². The molecule has 98 valence electrons. The first-order valence-corrected chi connectivity index (χ1v) is 6.86. The molecule has 1 aromatic rings. The maximum Gasteiger partial charge on any atom is 0.309 e. The number of ether oxygens (including phenoxy) is 2. The van der Waals surface area contributed by atoms with Crippen molar-refractivity contribution in [3.05, 3.63) is 28.2 Å². The number of carbonyl (C=O) groups is 1. The number of methoxy groups -OCH3 is 1. The van der Waals surface area contributed by atoms with Gasteiger partial charge in [0.15, 0.2) is 0 Å². The van der Waals surface area contributed by atoms with Gasteiger partial charge in [0.05, 0.1) is 18.0 Å². The Bertz CT molecular complexity index is 452. The second-order valence-electron chi connectivity index (χ2n) is 4.83. The first kappa shape index (κ1) is 13.4. The van der Waals surface area contributed by atoms with E-state index in [1.165, 1.54) is 12.7 Å². The minimum atomic E-state index is -0.370. The molecule has 3 nitrogen and oxygen atoms in total. The molecule has 0 unspecified atom stereocenters. The van der Waals surface area contributed by atoms with Crippen LogP contribution in [0.2, 0.25) is 0 Å². The van der Waals surface area contributed by atoms with Gasteiger partial charge in [0, 0.05) is 0 Å². The van der Waals surface area contributed by atoms with E-state index in [4.69, 9.17) is 9.47 Å². The Morgan fingerprint density at radius 2 is 2.17 bits per heavy atom. The molecule has 1 fully saturated rings. The first-order chi connectivity index (χ1) is 8.54. The molecule has 1 aliphatic carbocycles. The summed E-state index contributed by atoms with van der Waals surface area (Å²) in [6, 6.07) is 5.96. The van der Waals surface area contributed by atoms with Gasteiger partial charge in [-0.2, -0.15) is 0 Å². The lowest BCUT2D eigenvalue weighted by molar-refractivity contribution is -0.148. The fourth-order valence-corrected chi connectivity index (χ4v) is 2.72. The van der Waals surface area contributed by atoms with Crippen molar-refractivity contribution in [3.8, 4) is 5.75 Å². The summed E-state index contributed by atoms with van der Waals surface area (Å²) in [6.45, 7) is 2.03. The Hall–Kier alpha value is -1.03. The van der Waals surface area contributed by atoms with Crippen LogP contribution >= 0.6 is 15.9 Å². The van der Waals surface area contributed by atoms with Gasteiger partial charge >= 0.3 is 5.97 Å². The van der Waals surface area contributed by atoms with Crippen LogP contribution < -0.4 is 4.74 Å². The molecule has 0 heterocycles. The maximum atomic E-state index is 11.4. The highest BCUT2D eigenvalue weighted by Crippen LogP contribution is 2.41. The van der Waals surface area contributed by atoms with Crippen LogP contribution in [0.4, 0.5) is 0 Å². The van der Waals surface area contributed by atoms with Crippen molar-refractivity contribution >= 4 is 21.9 Å². The molecule has 0 aromatic heterocycles. The Balaban J connectivity index is 2.12. The lowest BCUT2D eigenvalue weighted by Crippen LogP contribution is -2.45. The topological polar surface area (TPSA) is 35.5 Å². The van der Waals surface area contributed by atoms with Gasteiger partial charge in [0.2, 0.25) is 0 Å². The van der Waals surface area contributed by atoms with Crippen LogP contribution in [-0.4, -0.2) is 18.7 Å². The van der Waals surface area contributed by atoms with Crippen molar-refractivity contribution < 1.29 is 14.3 Å². The summed E-state index contributed by atoms with van der Waals surface area (Å²) in [5, 5.41) is 0. The average Bonchev–Trinajstić information content (AvgIpc) is 2.29. The molecule has 0 radical (unpaired) electrons. The normalized spacial score (nSPS) is 16.8. The highest BCUT2D eigenvalue weighted by atomic mass is 79.9. The first-order valence-electron chi connectivity index (χ1n) is 6.07. The number of halogens is 1. The highest BCUT2D eigenvalue weighted by Gasteiger charge is 2.42. The Labute approximate surface area is 116 Å². The van der Waals surface area contributed by atoms with Crippen molar-refractivity contribution in [2.45, 2.75) is 38.2 Å². The number of rotatable bonds is 4. The molecular formula is C14H17BrO3. The van der Waals surface area contributed by atoms with Gasteiger partial charge in [-0.15, -0.1) is 0 Å². The number of hydrogen-bond donors (Lipinski definition) is 0. The number of esters is 1. The second-order valence-corrected chi connectivity index (χ2v) is 5.68. The van der Waals surface area contributed by atoms with Crippen molar-refractivity contribution in [3.63, 3.8) is 0 Å². The zero-order valence-electron chi connectivity index (χ0n) is 10.7. The molecule has 0 aliphatic heterocycles. The van der Waals surface area contributed by atoms with Crippen LogP contribution in [0, 0.1) is 6.92 Å². The zero-order chi connectivity index (χ0) is 13.2. The molecule has 0 atom stereocenters. The smallest absolute Gasteiger partial charge is 0.309 e. The molecule has 0 saturated heterocycles. The van der Waals surface area contributed by atoms with Crippen LogP contribution in [-0.2, 0) is 9.53 Å². The van der Waals surface area contributed by atoms with Gasteiger partial charge in [0.25, 0.3) is 0 Å². The van der Waals surface area contributed by atoms with Gasteiger partial charge in [-0.25, -0.2) is 0 Å². The Morgan fingerprint density at radius 1 is 1.44 bits per heavy atom. The number of benzene rings is 1. The highest BCUT2D eigenvalue weighted by molar-refractivity contribution is 9.10. The third-order valence-corrected chi connectivity index (χ3v) is 3.99. The molecule has 0 N–H and O–H groups in total. The number of aryl methyl sites for hydroxylation is 1. The van der Waals surface area contributed by atoms with E-state index >= 15 is 0 Å². The summed E-state index contributed by atoms with van der Waals surface area (Å²) < 4.78 is 11.7. The molecule has 0 spiro atoms. The molecule has 1 saturated carbocycles. The molecule has 18 heavy (non-hydrogen) atoms. The van der Waals surface area contributed by atoms with E-state index in [2.05, 4.69) is 15.9 Å². The van der Waals surface area contributed by atoms with E-state index in [0.717, 1.165) is 29.5 Å². The van der Waals surface area contributed by atoms with E-state index in [1.54, 1.807) is 0 Å². The summed E-state index contributed by atoms with van der Waals surface area (Å²) >= 11 is 3.50. The molecular weight excluding hydrogens is 296 g/mol. The fraction of sp³-hybridized carbons (Fsp3) is 0.500. The molecule has 0 bridgehead atoms.